The summed E-state index contributed by atoms with van der Waals surface area (Å²) in [6.45, 7) is 7.90. The zero-order valence-electron chi connectivity index (χ0n) is 16.5. The second kappa shape index (κ2) is 6.48. The van der Waals surface area contributed by atoms with E-state index in [9.17, 15) is 10.0 Å². The highest BCUT2D eigenvalue weighted by atomic mass is 16.4. The van der Waals surface area contributed by atoms with Crippen molar-refractivity contribution in [1.82, 2.24) is 4.98 Å². The number of furan rings is 1. The predicted octanol–water partition coefficient (Wildman–Crippen LogP) is 4.85. The Hall–Kier alpha value is -3.15. The standard InChI is InChI=1S/C22H23N3O3/c1-12-9-16(14-7-5-6-8-15(14)23-12)24-21(26)20-13(2)19-17(25-27)10-22(3,4)11-18(19)28-20/h5-9,27H,10-11H2,1-4H3,(H,23,24,26)/b25-17-. The molecule has 0 bridgehead atoms. The van der Waals surface area contributed by atoms with Crippen LogP contribution in [0.15, 0.2) is 39.9 Å². The Morgan fingerprint density at radius 1 is 1.25 bits per heavy atom. The molecule has 28 heavy (non-hydrogen) atoms. The largest absolute Gasteiger partial charge is 0.455 e. The third-order valence-electron chi connectivity index (χ3n) is 5.21. The molecule has 2 N–H and O–H groups in total. The quantitative estimate of drug-likeness (QED) is 0.494. The molecule has 6 heteroatoms. The average Bonchev–Trinajstić information content (AvgIpc) is 2.96. The maximum absolute atomic E-state index is 13.0. The van der Waals surface area contributed by atoms with E-state index < -0.39 is 0 Å². The van der Waals surface area contributed by atoms with Gasteiger partial charge in [-0.2, -0.15) is 0 Å². The number of pyridine rings is 1. The fraction of sp³-hybridized carbons (Fsp3) is 0.318. The number of benzene rings is 1. The summed E-state index contributed by atoms with van der Waals surface area (Å²) in [6.07, 6.45) is 1.32. The lowest BCUT2D eigenvalue weighted by molar-refractivity contribution is 0.0993. The number of rotatable bonds is 2. The Kier molecular flexibility index (Phi) is 4.22. The van der Waals surface area contributed by atoms with Gasteiger partial charge >= 0.3 is 0 Å². The van der Waals surface area contributed by atoms with E-state index in [1.165, 1.54) is 0 Å². The molecule has 0 saturated carbocycles. The number of carbonyl (C=O) groups excluding carboxylic acids is 1. The third-order valence-corrected chi connectivity index (χ3v) is 5.21. The summed E-state index contributed by atoms with van der Waals surface area (Å²) >= 11 is 0. The van der Waals surface area contributed by atoms with Crippen LogP contribution >= 0.6 is 0 Å². The van der Waals surface area contributed by atoms with Gasteiger partial charge in [0.15, 0.2) is 5.76 Å². The maximum atomic E-state index is 13.0. The molecule has 3 aromatic rings. The van der Waals surface area contributed by atoms with Crippen molar-refractivity contribution in [2.24, 2.45) is 10.6 Å². The van der Waals surface area contributed by atoms with Gasteiger partial charge in [-0.15, -0.1) is 0 Å². The lowest BCUT2D eigenvalue weighted by atomic mass is 9.75. The predicted molar refractivity (Wildman–Crippen MR) is 108 cm³/mol. The van der Waals surface area contributed by atoms with E-state index >= 15 is 0 Å². The van der Waals surface area contributed by atoms with Crippen LogP contribution in [0.25, 0.3) is 10.9 Å². The number of amides is 1. The van der Waals surface area contributed by atoms with E-state index in [1.807, 2.05) is 44.2 Å². The zero-order chi connectivity index (χ0) is 20.1. The van der Waals surface area contributed by atoms with Gasteiger partial charge in [-0.3, -0.25) is 9.78 Å². The fourth-order valence-electron chi connectivity index (χ4n) is 4.01. The van der Waals surface area contributed by atoms with Gasteiger partial charge in [-0.25, -0.2) is 0 Å². The van der Waals surface area contributed by atoms with Crippen molar-refractivity contribution in [2.75, 3.05) is 5.32 Å². The highest BCUT2D eigenvalue weighted by molar-refractivity contribution is 6.11. The lowest BCUT2D eigenvalue weighted by Gasteiger charge is -2.28. The van der Waals surface area contributed by atoms with E-state index in [4.69, 9.17) is 4.42 Å². The van der Waals surface area contributed by atoms with Gasteiger partial charge in [0, 0.05) is 28.6 Å². The van der Waals surface area contributed by atoms with Gasteiger partial charge in [0.2, 0.25) is 0 Å². The number of para-hydroxylation sites is 1. The Balaban J connectivity index is 1.74. The number of hydrogen-bond donors (Lipinski definition) is 2. The number of carbonyl (C=O) groups is 1. The number of fused-ring (bicyclic) bond motifs is 2. The number of nitrogens with zero attached hydrogens (tertiary/aromatic N) is 2. The molecule has 0 spiro atoms. The van der Waals surface area contributed by atoms with Crippen molar-refractivity contribution in [3.63, 3.8) is 0 Å². The Morgan fingerprint density at radius 3 is 2.75 bits per heavy atom. The third kappa shape index (κ3) is 3.05. The monoisotopic (exact) mass is 377 g/mol. The molecule has 0 unspecified atom stereocenters. The molecular weight excluding hydrogens is 354 g/mol. The Morgan fingerprint density at radius 2 is 2.00 bits per heavy atom. The summed E-state index contributed by atoms with van der Waals surface area (Å²) in [5, 5.41) is 16.8. The summed E-state index contributed by atoms with van der Waals surface area (Å²) in [5.74, 6) is 0.627. The topological polar surface area (TPSA) is 87.7 Å². The molecular formula is C22H23N3O3. The SMILES string of the molecule is Cc1cc(NC(=O)c2oc3c(c2C)/C(=N\O)CC(C)(C)C3)c2ccccc2n1. The second-order valence-corrected chi connectivity index (χ2v) is 8.20. The van der Waals surface area contributed by atoms with E-state index in [0.717, 1.165) is 22.2 Å². The van der Waals surface area contributed by atoms with Gasteiger partial charge in [0.25, 0.3) is 5.91 Å². The first-order valence-electron chi connectivity index (χ1n) is 9.30. The van der Waals surface area contributed by atoms with E-state index in [1.54, 1.807) is 0 Å². The molecule has 0 fully saturated rings. The van der Waals surface area contributed by atoms with Crippen LogP contribution in [0.4, 0.5) is 5.69 Å². The summed E-state index contributed by atoms with van der Waals surface area (Å²) in [7, 11) is 0. The molecule has 4 rings (SSSR count). The van der Waals surface area contributed by atoms with Crippen LogP contribution in [0, 0.1) is 19.3 Å². The lowest BCUT2D eigenvalue weighted by Crippen LogP contribution is -2.27. The minimum Gasteiger partial charge on any atom is -0.455 e. The van der Waals surface area contributed by atoms with E-state index in [-0.39, 0.29) is 17.1 Å². The summed E-state index contributed by atoms with van der Waals surface area (Å²) < 4.78 is 5.96. The summed E-state index contributed by atoms with van der Waals surface area (Å²) in [5.41, 5.74) is 4.26. The minimum absolute atomic E-state index is 0.0922. The maximum Gasteiger partial charge on any atom is 0.291 e. The second-order valence-electron chi connectivity index (χ2n) is 8.20. The number of nitrogens with one attached hydrogen (secondary N) is 1. The van der Waals surface area contributed by atoms with Crippen molar-refractivity contribution in [1.29, 1.82) is 0 Å². The van der Waals surface area contributed by atoms with Gasteiger partial charge in [-0.1, -0.05) is 37.2 Å². The minimum atomic E-state index is -0.322. The zero-order valence-corrected chi connectivity index (χ0v) is 16.5. The highest BCUT2D eigenvalue weighted by Crippen LogP contribution is 2.39. The molecule has 0 aliphatic heterocycles. The van der Waals surface area contributed by atoms with E-state index in [0.29, 0.717) is 35.6 Å². The molecule has 1 aromatic carbocycles. The van der Waals surface area contributed by atoms with Gasteiger partial charge in [0.1, 0.15) is 5.76 Å². The van der Waals surface area contributed by atoms with Crippen LogP contribution in [0.5, 0.6) is 0 Å². The van der Waals surface area contributed by atoms with Crippen LogP contribution < -0.4 is 5.32 Å². The number of aromatic nitrogens is 1. The van der Waals surface area contributed by atoms with Crippen LogP contribution in [0.1, 0.15) is 53.4 Å². The molecule has 0 saturated heterocycles. The molecule has 1 amide bonds. The van der Waals surface area contributed by atoms with Gasteiger partial charge in [0.05, 0.1) is 16.9 Å². The smallest absolute Gasteiger partial charge is 0.291 e. The molecule has 1 aliphatic rings. The molecule has 6 nitrogen and oxygen atoms in total. The van der Waals surface area contributed by atoms with Crippen molar-refractivity contribution < 1.29 is 14.4 Å². The van der Waals surface area contributed by atoms with Crippen LogP contribution in [0.3, 0.4) is 0 Å². The van der Waals surface area contributed by atoms with Gasteiger partial charge < -0.3 is 14.9 Å². The molecule has 0 radical (unpaired) electrons. The Bertz CT molecular complexity index is 1130. The van der Waals surface area contributed by atoms with Gasteiger partial charge in [-0.05, 0) is 37.8 Å². The number of oxime groups is 1. The number of hydrogen-bond acceptors (Lipinski definition) is 5. The van der Waals surface area contributed by atoms with Crippen LogP contribution in [-0.4, -0.2) is 21.8 Å². The first kappa shape index (κ1) is 18.2. The fourth-order valence-corrected chi connectivity index (χ4v) is 4.01. The molecule has 2 heterocycles. The Labute approximate surface area is 163 Å². The summed E-state index contributed by atoms with van der Waals surface area (Å²) in [6, 6.07) is 9.53. The number of aryl methyl sites for hydroxylation is 1. The molecule has 0 atom stereocenters. The van der Waals surface area contributed by atoms with Crippen molar-refractivity contribution >= 4 is 28.2 Å². The molecule has 2 aromatic heterocycles. The normalized spacial score (nSPS) is 16.9. The van der Waals surface area contributed by atoms with Crippen molar-refractivity contribution in [3.8, 4) is 0 Å². The van der Waals surface area contributed by atoms with Crippen LogP contribution in [0.2, 0.25) is 0 Å². The first-order valence-corrected chi connectivity index (χ1v) is 9.30. The van der Waals surface area contributed by atoms with E-state index in [2.05, 4.69) is 29.3 Å². The van der Waals surface area contributed by atoms with Crippen molar-refractivity contribution in [2.45, 2.75) is 40.5 Å². The van der Waals surface area contributed by atoms with Crippen molar-refractivity contribution in [3.05, 3.63) is 58.7 Å². The summed E-state index contributed by atoms with van der Waals surface area (Å²) in [4.78, 5) is 17.5. The van der Waals surface area contributed by atoms with Crippen LogP contribution in [-0.2, 0) is 6.42 Å². The first-order chi connectivity index (χ1) is 13.3. The average molecular weight is 377 g/mol. The molecule has 144 valence electrons. The molecule has 1 aliphatic carbocycles. The highest BCUT2D eigenvalue weighted by Gasteiger charge is 2.36. The number of anilines is 1.